The van der Waals surface area contributed by atoms with E-state index in [0.29, 0.717) is 12.2 Å². The van der Waals surface area contributed by atoms with Gasteiger partial charge < -0.3 is 14.7 Å². The van der Waals surface area contributed by atoms with Crippen LogP contribution in [0.25, 0.3) is 0 Å². The summed E-state index contributed by atoms with van der Waals surface area (Å²) in [5.74, 6) is 0.834. The number of hydrogen-bond acceptors (Lipinski definition) is 4. The first-order valence-electron chi connectivity index (χ1n) is 5.14. The van der Waals surface area contributed by atoms with Gasteiger partial charge >= 0.3 is 0 Å². The molecule has 1 aliphatic heterocycles. The molecule has 4 heteroatoms. The van der Waals surface area contributed by atoms with Crippen molar-refractivity contribution in [2.75, 3.05) is 7.11 Å². The zero-order valence-electron chi connectivity index (χ0n) is 9.65. The van der Waals surface area contributed by atoms with Crippen LogP contribution in [0.3, 0.4) is 0 Å². The van der Waals surface area contributed by atoms with Gasteiger partial charge in [-0.1, -0.05) is 5.16 Å². The molecule has 1 aliphatic rings. The van der Waals surface area contributed by atoms with Gasteiger partial charge in [-0.05, 0) is 26.0 Å². The molecule has 86 valence electrons. The molecular formula is C12H15NO3. The highest BCUT2D eigenvalue weighted by Gasteiger charge is 2.31. The lowest BCUT2D eigenvalue weighted by atomic mass is 9.92. The number of oxime groups is 1. The van der Waals surface area contributed by atoms with Gasteiger partial charge in [0.15, 0.2) is 0 Å². The van der Waals surface area contributed by atoms with Crippen LogP contribution < -0.4 is 4.74 Å². The van der Waals surface area contributed by atoms with Crippen LogP contribution in [0.5, 0.6) is 11.5 Å². The zero-order valence-corrected chi connectivity index (χ0v) is 9.65. The highest BCUT2D eigenvalue weighted by atomic mass is 16.6. The molecule has 0 unspecified atom stereocenters. The van der Waals surface area contributed by atoms with Crippen molar-refractivity contribution >= 4 is 5.71 Å². The zero-order chi connectivity index (χ0) is 11.8. The van der Waals surface area contributed by atoms with Gasteiger partial charge in [0.05, 0.1) is 5.71 Å². The fourth-order valence-corrected chi connectivity index (χ4v) is 1.86. The van der Waals surface area contributed by atoms with Gasteiger partial charge in [-0.15, -0.1) is 0 Å². The van der Waals surface area contributed by atoms with E-state index >= 15 is 0 Å². The Labute approximate surface area is 94.5 Å². The Morgan fingerprint density at radius 3 is 2.88 bits per heavy atom. The Bertz CT molecular complexity index is 438. The molecule has 0 spiro atoms. The maximum Gasteiger partial charge on any atom is 0.133 e. The van der Waals surface area contributed by atoms with Crippen LogP contribution in [0.1, 0.15) is 25.8 Å². The molecule has 0 saturated carbocycles. The second-order valence-corrected chi connectivity index (χ2v) is 4.44. The normalized spacial score (nSPS) is 20.1. The standard InChI is InChI=1S/C12H15NO3/c1-12(2)7-10(13-15-3)9-5-4-8(14)6-11(9)16-12/h4-6,14H,7H2,1-3H3/b13-10-. The predicted molar refractivity (Wildman–Crippen MR) is 61.0 cm³/mol. The average molecular weight is 221 g/mol. The van der Waals surface area contributed by atoms with Gasteiger partial charge in [-0.25, -0.2) is 0 Å². The van der Waals surface area contributed by atoms with Crippen molar-refractivity contribution in [2.24, 2.45) is 5.16 Å². The van der Waals surface area contributed by atoms with Crippen molar-refractivity contribution in [3.8, 4) is 11.5 Å². The summed E-state index contributed by atoms with van der Waals surface area (Å²) in [5, 5.41) is 13.4. The first-order chi connectivity index (χ1) is 7.52. The molecule has 1 heterocycles. The molecule has 0 aliphatic carbocycles. The molecule has 0 amide bonds. The van der Waals surface area contributed by atoms with Gasteiger partial charge in [0.2, 0.25) is 0 Å². The van der Waals surface area contributed by atoms with E-state index in [0.717, 1.165) is 11.3 Å². The van der Waals surface area contributed by atoms with E-state index in [9.17, 15) is 5.11 Å². The Morgan fingerprint density at radius 1 is 1.44 bits per heavy atom. The van der Waals surface area contributed by atoms with Crippen molar-refractivity contribution in [1.29, 1.82) is 0 Å². The smallest absolute Gasteiger partial charge is 0.133 e. The fraction of sp³-hybridized carbons (Fsp3) is 0.417. The molecule has 16 heavy (non-hydrogen) atoms. The summed E-state index contributed by atoms with van der Waals surface area (Å²) in [6, 6.07) is 5.00. The van der Waals surface area contributed by atoms with Gasteiger partial charge in [0, 0.05) is 18.1 Å². The Balaban J connectivity index is 2.51. The summed E-state index contributed by atoms with van der Waals surface area (Å²) in [7, 11) is 1.52. The van der Waals surface area contributed by atoms with Gasteiger partial charge in [0.25, 0.3) is 0 Å². The number of fused-ring (bicyclic) bond motifs is 1. The highest BCUT2D eigenvalue weighted by molar-refractivity contribution is 6.04. The summed E-state index contributed by atoms with van der Waals surface area (Å²) >= 11 is 0. The van der Waals surface area contributed by atoms with E-state index < -0.39 is 0 Å². The summed E-state index contributed by atoms with van der Waals surface area (Å²) in [5.41, 5.74) is 1.38. The van der Waals surface area contributed by atoms with Crippen LogP contribution in [-0.4, -0.2) is 23.5 Å². The maximum absolute atomic E-state index is 9.42. The molecule has 1 aromatic rings. The molecule has 4 nitrogen and oxygen atoms in total. The van der Waals surface area contributed by atoms with E-state index in [4.69, 9.17) is 9.57 Å². The second kappa shape index (κ2) is 3.70. The molecule has 0 fully saturated rings. The minimum absolute atomic E-state index is 0.188. The van der Waals surface area contributed by atoms with Crippen LogP contribution in [0.15, 0.2) is 23.4 Å². The topological polar surface area (TPSA) is 51.0 Å². The third-order valence-corrected chi connectivity index (χ3v) is 2.46. The largest absolute Gasteiger partial charge is 0.508 e. The lowest BCUT2D eigenvalue weighted by Gasteiger charge is -2.32. The average Bonchev–Trinajstić information content (AvgIpc) is 2.15. The summed E-state index contributed by atoms with van der Waals surface area (Å²) in [6.07, 6.45) is 0.679. The molecule has 1 aromatic carbocycles. The summed E-state index contributed by atoms with van der Waals surface area (Å²) in [4.78, 5) is 4.83. The molecular weight excluding hydrogens is 206 g/mol. The Morgan fingerprint density at radius 2 is 2.19 bits per heavy atom. The van der Waals surface area contributed by atoms with E-state index in [1.165, 1.54) is 7.11 Å². The van der Waals surface area contributed by atoms with Crippen molar-refractivity contribution < 1.29 is 14.7 Å². The van der Waals surface area contributed by atoms with E-state index in [2.05, 4.69) is 5.16 Å². The molecule has 1 N–H and O–H groups in total. The van der Waals surface area contributed by atoms with Crippen LogP contribution in [0, 0.1) is 0 Å². The minimum Gasteiger partial charge on any atom is -0.508 e. The molecule has 0 bridgehead atoms. The van der Waals surface area contributed by atoms with Crippen LogP contribution in [0.4, 0.5) is 0 Å². The number of rotatable bonds is 1. The van der Waals surface area contributed by atoms with Crippen molar-refractivity contribution in [3.05, 3.63) is 23.8 Å². The van der Waals surface area contributed by atoms with Gasteiger partial charge in [-0.3, -0.25) is 0 Å². The first-order valence-corrected chi connectivity index (χ1v) is 5.14. The van der Waals surface area contributed by atoms with E-state index in [-0.39, 0.29) is 11.4 Å². The number of ether oxygens (including phenoxy) is 1. The van der Waals surface area contributed by atoms with Crippen LogP contribution in [0.2, 0.25) is 0 Å². The fourth-order valence-electron chi connectivity index (χ4n) is 1.86. The minimum atomic E-state index is -0.335. The molecule has 0 radical (unpaired) electrons. The van der Waals surface area contributed by atoms with E-state index in [1.807, 2.05) is 13.8 Å². The van der Waals surface area contributed by atoms with Gasteiger partial charge in [-0.2, -0.15) is 0 Å². The molecule has 0 atom stereocenters. The lowest BCUT2D eigenvalue weighted by Crippen LogP contribution is -2.36. The van der Waals surface area contributed by atoms with Crippen molar-refractivity contribution in [3.63, 3.8) is 0 Å². The highest BCUT2D eigenvalue weighted by Crippen LogP contribution is 2.35. The van der Waals surface area contributed by atoms with Crippen molar-refractivity contribution in [1.82, 2.24) is 0 Å². The Hall–Kier alpha value is -1.71. The summed E-state index contributed by atoms with van der Waals surface area (Å²) < 4.78 is 5.78. The number of benzene rings is 1. The number of aromatic hydroxyl groups is 1. The first kappa shape index (κ1) is 10.8. The second-order valence-electron chi connectivity index (χ2n) is 4.44. The SMILES string of the molecule is CO/N=C1/CC(C)(C)Oc2cc(O)ccc21. The van der Waals surface area contributed by atoms with Gasteiger partial charge in [0.1, 0.15) is 24.2 Å². The van der Waals surface area contributed by atoms with Crippen molar-refractivity contribution in [2.45, 2.75) is 25.9 Å². The third kappa shape index (κ3) is 1.96. The predicted octanol–water partition coefficient (Wildman–Crippen LogP) is 2.30. The number of hydrogen-bond donors (Lipinski definition) is 1. The lowest BCUT2D eigenvalue weighted by molar-refractivity contribution is 0.108. The molecule has 2 rings (SSSR count). The molecule has 0 saturated heterocycles. The number of nitrogens with zero attached hydrogens (tertiary/aromatic N) is 1. The van der Waals surface area contributed by atoms with Crippen LogP contribution in [-0.2, 0) is 4.84 Å². The summed E-state index contributed by atoms with van der Waals surface area (Å²) in [6.45, 7) is 3.95. The van der Waals surface area contributed by atoms with E-state index in [1.54, 1.807) is 18.2 Å². The third-order valence-electron chi connectivity index (χ3n) is 2.46. The molecule has 0 aromatic heterocycles. The maximum atomic E-state index is 9.42. The quantitative estimate of drug-likeness (QED) is 0.740. The monoisotopic (exact) mass is 221 g/mol. The van der Waals surface area contributed by atoms with Crippen LogP contribution >= 0.6 is 0 Å². The number of phenols is 1. The Kier molecular flexibility index (Phi) is 2.50. The number of phenolic OH excluding ortho intramolecular Hbond substituents is 1.